The Bertz CT molecular complexity index is 819. The molecule has 0 amide bonds. The van der Waals surface area contributed by atoms with Gasteiger partial charge in [0.2, 0.25) is 0 Å². The largest absolute Gasteiger partial charge is 0.487 e. The first-order valence-electron chi connectivity index (χ1n) is 8.95. The molecule has 3 rings (SSSR count). The molecule has 1 aliphatic carbocycles. The molecule has 2 atom stereocenters. The quantitative estimate of drug-likeness (QED) is 0.697. The van der Waals surface area contributed by atoms with Crippen LogP contribution >= 0.6 is 11.8 Å². The topological polar surface area (TPSA) is 59.4 Å². The number of aromatic nitrogens is 1. The van der Waals surface area contributed by atoms with Gasteiger partial charge >= 0.3 is 5.97 Å². The third-order valence-electron chi connectivity index (χ3n) is 4.80. The maximum atomic E-state index is 11.1. The molecule has 26 heavy (non-hydrogen) atoms. The molecule has 2 aromatic rings. The molecule has 0 radical (unpaired) electrons. The van der Waals surface area contributed by atoms with E-state index in [0.29, 0.717) is 11.9 Å². The van der Waals surface area contributed by atoms with Gasteiger partial charge in [0.1, 0.15) is 12.4 Å². The third kappa shape index (κ3) is 4.21. The molecule has 0 bridgehead atoms. The van der Waals surface area contributed by atoms with Crippen LogP contribution in [-0.2, 0) is 11.4 Å². The molecule has 1 aromatic carbocycles. The zero-order valence-corrected chi connectivity index (χ0v) is 16.5. The Morgan fingerprint density at radius 2 is 2.04 bits per heavy atom. The number of carboxylic acid groups (broad SMARTS) is 1. The number of hydrogen-bond acceptors (Lipinski definition) is 4. The van der Waals surface area contributed by atoms with Crippen molar-refractivity contribution in [2.75, 3.05) is 0 Å². The molecule has 2 unspecified atom stereocenters. The Morgan fingerprint density at radius 3 is 2.69 bits per heavy atom. The number of pyridine rings is 1. The number of benzene rings is 1. The van der Waals surface area contributed by atoms with Crippen LogP contribution in [0, 0.1) is 19.8 Å². The summed E-state index contributed by atoms with van der Waals surface area (Å²) in [5.41, 5.74) is 4.25. The van der Waals surface area contributed by atoms with E-state index in [9.17, 15) is 4.79 Å². The second kappa shape index (κ2) is 7.70. The number of ether oxygens (including phenoxy) is 1. The second-order valence-electron chi connectivity index (χ2n) is 7.11. The first-order valence-corrected chi connectivity index (χ1v) is 9.83. The lowest BCUT2D eigenvalue weighted by molar-refractivity contribution is -0.138. The summed E-state index contributed by atoms with van der Waals surface area (Å²) >= 11 is 1.74. The normalized spacial score (nSPS) is 18.8. The van der Waals surface area contributed by atoms with Gasteiger partial charge < -0.3 is 9.84 Å². The van der Waals surface area contributed by atoms with Crippen molar-refractivity contribution in [1.82, 2.24) is 4.98 Å². The van der Waals surface area contributed by atoms with E-state index in [1.807, 2.05) is 44.2 Å². The summed E-state index contributed by atoms with van der Waals surface area (Å²) < 4.78 is 6.01. The van der Waals surface area contributed by atoms with Gasteiger partial charge in [-0.05, 0) is 61.1 Å². The Balaban J connectivity index is 1.69. The van der Waals surface area contributed by atoms with E-state index in [0.717, 1.165) is 39.6 Å². The van der Waals surface area contributed by atoms with Gasteiger partial charge in [-0.25, -0.2) is 4.98 Å². The van der Waals surface area contributed by atoms with Crippen molar-refractivity contribution in [2.24, 2.45) is 5.92 Å². The zero-order chi connectivity index (χ0) is 18.8. The Kier molecular flexibility index (Phi) is 5.56. The molecule has 4 nitrogen and oxygen atoms in total. The molecule has 1 aromatic heterocycles. The van der Waals surface area contributed by atoms with E-state index in [1.54, 1.807) is 11.8 Å². The average molecular weight is 372 g/mol. The molecule has 138 valence electrons. The fourth-order valence-corrected chi connectivity index (χ4v) is 3.99. The minimum Gasteiger partial charge on any atom is -0.487 e. The van der Waals surface area contributed by atoms with Gasteiger partial charge in [-0.3, -0.25) is 4.79 Å². The van der Waals surface area contributed by atoms with Gasteiger partial charge in [0, 0.05) is 5.25 Å². The number of aliphatic carboxylic acids is 1. The van der Waals surface area contributed by atoms with Gasteiger partial charge in [-0.2, -0.15) is 0 Å². The molecule has 1 saturated carbocycles. The van der Waals surface area contributed by atoms with Gasteiger partial charge in [0.25, 0.3) is 0 Å². The zero-order valence-electron chi connectivity index (χ0n) is 15.7. The second-order valence-corrected chi connectivity index (χ2v) is 8.71. The molecule has 0 saturated heterocycles. The Hall–Kier alpha value is -2.01. The van der Waals surface area contributed by atoms with Crippen LogP contribution in [0.3, 0.4) is 0 Å². The standard InChI is InChI=1S/C21H25NO3S/c1-12(2)26-20-7-5-6-15(22-20)11-25-19-9-8-16(13(3)14(19)4)17-10-18(17)21(23)24/h5-9,12,17-18H,10-11H2,1-4H3,(H,23,24). The SMILES string of the molecule is Cc1c(OCc2cccc(SC(C)C)n2)ccc(C2CC2C(=O)O)c1C. The van der Waals surface area contributed by atoms with Gasteiger partial charge in [0.15, 0.2) is 0 Å². The van der Waals surface area contributed by atoms with Crippen molar-refractivity contribution in [1.29, 1.82) is 0 Å². The van der Waals surface area contributed by atoms with E-state index >= 15 is 0 Å². The van der Waals surface area contributed by atoms with Crippen molar-refractivity contribution in [3.05, 3.63) is 52.7 Å². The molecule has 1 N–H and O–H groups in total. The number of nitrogens with zero attached hydrogens (tertiary/aromatic N) is 1. The lowest BCUT2D eigenvalue weighted by Crippen LogP contribution is -2.03. The van der Waals surface area contributed by atoms with E-state index in [4.69, 9.17) is 9.84 Å². The fourth-order valence-electron chi connectivity index (χ4n) is 3.18. The van der Waals surface area contributed by atoms with Crippen LogP contribution in [0.5, 0.6) is 5.75 Å². The fraction of sp³-hybridized carbons (Fsp3) is 0.429. The van der Waals surface area contributed by atoms with E-state index < -0.39 is 5.97 Å². The lowest BCUT2D eigenvalue weighted by atomic mass is 9.98. The predicted molar refractivity (Wildman–Crippen MR) is 104 cm³/mol. The summed E-state index contributed by atoms with van der Waals surface area (Å²) in [7, 11) is 0. The first-order chi connectivity index (χ1) is 12.4. The summed E-state index contributed by atoms with van der Waals surface area (Å²) in [6, 6.07) is 9.98. The summed E-state index contributed by atoms with van der Waals surface area (Å²) in [5.74, 6) is 0.0528. The summed E-state index contributed by atoms with van der Waals surface area (Å²) in [6.45, 7) is 8.81. The molecule has 1 fully saturated rings. The van der Waals surface area contributed by atoms with Gasteiger partial charge in [0.05, 0.1) is 16.6 Å². The van der Waals surface area contributed by atoms with Crippen LogP contribution < -0.4 is 4.74 Å². The minimum absolute atomic E-state index is 0.145. The number of carboxylic acids is 1. The van der Waals surface area contributed by atoms with Crippen LogP contribution in [0.25, 0.3) is 0 Å². The summed E-state index contributed by atoms with van der Waals surface area (Å²) in [5, 5.41) is 10.7. The molecule has 1 aliphatic rings. The van der Waals surface area contributed by atoms with E-state index in [1.165, 1.54) is 0 Å². The average Bonchev–Trinajstić information content (AvgIpc) is 3.37. The lowest BCUT2D eigenvalue weighted by Gasteiger charge is -2.14. The molecule has 1 heterocycles. The number of rotatable bonds is 7. The van der Waals surface area contributed by atoms with Crippen molar-refractivity contribution in [3.63, 3.8) is 0 Å². The van der Waals surface area contributed by atoms with Crippen LogP contribution in [0.1, 0.15) is 48.6 Å². The van der Waals surface area contributed by atoms with Crippen molar-refractivity contribution >= 4 is 17.7 Å². The van der Waals surface area contributed by atoms with Crippen LogP contribution in [-0.4, -0.2) is 21.3 Å². The summed E-state index contributed by atoms with van der Waals surface area (Å²) in [6.07, 6.45) is 0.736. The molecular weight excluding hydrogens is 346 g/mol. The predicted octanol–water partition coefficient (Wildman–Crippen LogP) is 4.97. The highest BCUT2D eigenvalue weighted by Gasteiger charge is 2.44. The summed E-state index contributed by atoms with van der Waals surface area (Å²) in [4.78, 5) is 15.8. The van der Waals surface area contributed by atoms with Crippen LogP contribution in [0.4, 0.5) is 0 Å². The highest BCUT2D eigenvalue weighted by Crippen LogP contribution is 2.49. The highest BCUT2D eigenvalue weighted by molar-refractivity contribution is 7.99. The molecule has 0 spiro atoms. The molecule has 0 aliphatic heterocycles. The maximum Gasteiger partial charge on any atom is 0.307 e. The van der Waals surface area contributed by atoms with Gasteiger partial charge in [-0.15, -0.1) is 11.8 Å². The maximum absolute atomic E-state index is 11.1. The number of carbonyl (C=O) groups is 1. The smallest absolute Gasteiger partial charge is 0.307 e. The monoisotopic (exact) mass is 371 g/mol. The van der Waals surface area contributed by atoms with Crippen molar-refractivity contribution in [3.8, 4) is 5.75 Å². The van der Waals surface area contributed by atoms with Crippen molar-refractivity contribution in [2.45, 2.75) is 56.9 Å². The highest BCUT2D eigenvalue weighted by atomic mass is 32.2. The molecular formula is C21H25NO3S. The third-order valence-corrected chi connectivity index (χ3v) is 5.74. The van der Waals surface area contributed by atoms with Crippen LogP contribution in [0.2, 0.25) is 0 Å². The van der Waals surface area contributed by atoms with E-state index in [-0.39, 0.29) is 11.8 Å². The van der Waals surface area contributed by atoms with Crippen LogP contribution in [0.15, 0.2) is 35.4 Å². The number of thioether (sulfide) groups is 1. The Labute approximate surface area is 159 Å². The van der Waals surface area contributed by atoms with Gasteiger partial charge in [-0.1, -0.05) is 26.0 Å². The first kappa shape index (κ1) is 18.8. The minimum atomic E-state index is -0.697. The Morgan fingerprint density at radius 1 is 1.27 bits per heavy atom. The molecule has 5 heteroatoms. The number of hydrogen-bond donors (Lipinski definition) is 1. The van der Waals surface area contributed by atoms with E-state index in [2.05, 4.69) is 18.8 Å². The van der Waals surface area contributed by atoms with Crippen molar-refractivity contribution < 1.29 is 14.6 Å².